The van der Waals surface area contributed by atoms with Crippen molar-refractivity contribution >= 4 is 5.78 Å². The van der Waals surface area contributed by atoms with E-state index >= 15 is 0 Å². The lowest BCUT2D eigenvalue weighted by Crippen LogP contribution is -2.57. The van der Waals surface area contributed by atoms with Crippen LogP contribution in [0.3, 0.4) is 0 Å². The van der Waals surface area contributed by atoms with Gasteiger partial charge in [-0.3, -0.25) is 14.6 Å². The molecular formula is C19H36N2O. The molecule has 0 aliphatic carbocycles. The second-order valence-electron chi connectivity index (χ2n) is 7.91. The van der Waals surface area contributed by atoms with Crippen LogP contribution in [0.25, 0.3) is 0 Å². The number of carbonyl (C=O) groups is 1. The normalized spacial score (nSPS) is 35.0. The summed E-state index contributed by atoms with van der Waals surface area (Å²) in [5, 5.41) is 0. The summed E-state index contributed by atoms with van der Waals surface area (Å²) < 4.78 is 0. The van der Waals surface area contributed by atoms with Crippen molar-refractivity contribution < 1.29 is 4.79 Å². The summed E-state index contributed by atoms with van der Waals surface area (Å²) >= 11 is 0. The third-order valence-corrected chi connectivity index (χ3v) is 6.21. The van der Waals surface area contributed by atoms with Crippen LogP contribution in [-0.4, -0.2) is 52.8 Å². The Hall–Kier alpha value is -0.410. The maximum absolute atomic E-state index is 12.3. The van der Waals surface area contributed by atoms with Gasteiger partial charge in [0.25, 0.3) is 0 Å². The number of nitrogens with zero attached hydrogens (tertiary/aromatic N) is 2. The van der Waals surface area contributed by atoms with Crippen LogP contribution < -0.4 is 0 Å². The first-order valence-corrected chi connectivity index (χ1v) is 9.44. The molecule has 2 aliphatic rings. The van der Waals surface area contributed by atoms with Crippen LogP contribution in [-0.2, 0) is 4.79 Å². The Morgan fingerprint density at radius 3 is 2.50 bits per heavy atom. The smallest absolute Gasteiger partial charge is 0.147 e. The molecule has 0 aromatic carbocycles. The van der Waals surface area contributed by atoms with E-state index in [1.54, 1.807) is 6.92 Å². The Labute approximate surface area is 137 Å². The number of fused-ring (bicyclic) bond motifs is 1. The first-order chi connectivity index (χ1) is 10.4. The molecule has 2 saturated heterocycles. The Balaban J connectivity index is 2.29. The van der Waals surface area contributed by atoms with Gasteiger partial charge in [-0.25, -0.2) is 0 Å². The van der Waals surface area contributed by atoms with E-state index in [1.165, 1.54) is 45.1 Å². The van der Waals surface area contributed by atoms with Gasteiger partial charge in [0.15, 0.2) is 0 Å². The van der Waals surface area contributed by atoms with Crippen molar-refractivity contribution in [3.05, 3.63) is 0 Å². The molecule has 0 saturated carbocycles. The van der Waals surface area contributed by atoms with E-state index in [9.17, 15) is 4.79 Å². The first kappa shape index (κ1) is 17.9. The van der Waals surface area contributed by atoms with Gasteiger partial charge < -0.3 is 0 Å². The highest BCUT2D eigenvalue weighted by molar-refractivity contribution is 5.82. The van der Waals surface area contributed by atoms with Gasteiger partial charge in [-0.1, -0.05) is 20.8 Å². The van der Waals surface area contributed by atoms with Crippen molar-refractivity contribution in [2.75, 3.05) is 19.6 Å². The van der Waals surface area contributed by atoms with Gasteiger partial charge in [0.2, 0.25) is 0 Å². The highest BCUT2D eigenvalue weighted by Crippen LogP contribution is 2.37. The third kappa shape index (κ3) is 3.56. The molecule has 0 aromatic heterocycles. The van der Waals surface area contributed by atoms with Gasteiger partial charge in [-0.15, -0.1) is 0 Å². The zero-order chi connectivity index (χ0) is 16.3. The summed E-state index contributed by atoms with van der Waals surface area (Å²) in [6, 6.07) is 0.831. The number of hydrogen-bond acceptors (Lipinski definition) is 3. The average molecular weight is 309 g/mol. The number of rotatable bonds is 4. The van der Waals surface area contributed by atoms with E-state index in [1.807, 2.05) is 0 Å². The maximum atomic E-state index is 12.3. The van der Waals surface area contributed by atoms with E-state index in [-0.39, 0.29) is 11.6 Å². The molecule has 2 rings (SSSR count). The van der Waals surface area contributed by atoms with Crippen LogP contribution in [0.15, 0.2) is 0 Å². The number of hydrogen-bond donors (Lipinski definition) is 0. The van der Waals surface area contributed by atoms with E-state index < -0.39 is 0 Å². The molecule has 3 heteroatoms. The maximum Gasteiger partial charge on any atom is 0.147 e. The van der Waals surface area contributed by atoms with Gasteiger partial charge in [-0.2, -0.15) is 0 Å². The number of carbonyl (C=O) groups excluding carboxylic acids is 1. The quantitative estimate of drug-likeness (QED) is 0.791. The molecule has 2 heterocycles. The van der Waals surface area contributed by atoms with Gasteiger partial charge in [-0.05, 0) is 71.4 Å². The van der Waals surface area contributed by atoms with Crippen LogP contribution in [0.1, 0.15) is 73.1 Å². The third-order valence-electron chi connectivity index (χ3n) is 6.21. The molecule has 3 atom stereocenters. The zero-order valence-electron chi connectivity index (χ0n) is 15.4. The van der Waals surface area contributed by atoms with Gasteiger partial charge in [0, 0.05) is 18.1 Å². The van der Waals surface area contributed by atoms with Crippen LogP contribution in [0.2, 0.25) is 0 Å². The molecule has 2 fully saturated rings. The standard InChI is InChI=1S/C19H36N2O/c1-6-17(7-2)20-12-8-10-15(3)18(16(4)22)21-13-9-11-19(21,5)14-20/h15,17-18H,6-14H2,1-5H3. The fourth-order valence-corrected chi connectivity index (χ4v) is 5.02. The molecule has 0 N–H and O–H groups in total. The van der Waals surface area contributed by atoms with E-state index in [2.05, 4.69) is 37.5 Å². The van der Waals surface area contributed by atoms with Crippen molar-refractivity contribution in [3.63, 3.8) is 0 Å². The summed E-state index contributed by atoms with van der Waals surface area (Å²) in [5.74, 6) is 0.855. The molecule has 0 amide bonds. The van der Waals surface area contributed by atoms with Crippen molar-refractivity contribution in [1.82, 2.24) is 9.80 Å². The molecular weight excluding hydrogens is 272 g/mol. The minimum Gasteiger partial charge on any atom is -0.299 e. The van der Waals surface area contributed by atoms with Crippen LogP contribution >= 0.6 is 0 Å². The van der Waals surface area contributed by atoms with Crippen LogP contribution in [0, 0.1) is 5.92 Å². The minimum atomic E-state index is 0.133. The highest BCUT2D eigenvalue weighted by Gasteiger charge is 2.45. The van der Waals surface area contributed by atoms with Crippen molar-refractivity contribution in [2.45, 2.75) is 90.8 Å². The van der Waals surface area contributed by atoms with E-state index in [0.717, 1.165) is 13.1 Å². The van der Waals surface area contributed by atoms with Crippen molar-refractivity contribution in [1.29, 1.82) is 0 Å². The Morgan fingerprint density at radius 1 is 1.23 bits per heavy atom. The second-order valence-corrected chi connectivity index (χ2v) is 7.91. The van der Waals surface area contributed by atoms with Gasteiger partial charge >= 0.3 is 0 Å². The minimum absolute atomic E-state index is 0.133. The topological polar surface area (TPSA) is 23.6 Å². The molecule has 128 valence electrons. The van der Waals surface area contributed by atoms with Gasteiger partial charge in [0.1, 0.15) is 5.78 Å². The molecule has 0 spiro atoms. The van der Waals surface area contributed by atoms with Gasteiger partial charge in [0.05, 0.1) is 6.04 Å². The fraction of sp³-hybridized carbons (Fsp3) is 0.947. The monoisotopic (exact) mass is 308 g/mol. The lowest BCUT2D eigenvalue weighted by Gasteiger charge is -2.44. The zero-order valence-corrected chi connectivity index (χ0v) is 15.4. The lowest BCUT2D eigenvalue weighted by atomic mass is 9.89. The molecule has 0 aromatic rings. The molecule has 0 bridgehead atoms. The number of Topliss-reactive ketones (excluding diaryl/α,β-unsaturated/α-hetero) is 1. The predicted octanol–water partition coefficient (Wildman–Crippen LogP) is 3.72. The molecule has 2 aliphatic heterocycles. The first-order valence-electron chi connectivity index (χ1n) is 9.44. The Morgan fingerprint density at radius 2 is 1.91 bits per heavy atom. The summed E-state index contributed by atoms with van der Waals surface area (Å²) in [6.07, 6.45) is 7.35. The van der Waals surface area contributed by atoms with E-state index in [0.29, 0.717) is 17.7 Å². The highest BCUT2D eigenvalue weighted by atomic mass is 16.1. The Kier molecular flexibility index (Phi) is 6.07. The summed E-state index contributed by atoms with van der Waals surface area (Å²) in [4.78, 5) is 17.6. The average Bonchev–Trinajstić information content (AvgIpc) is 2.82. The molecule has 0 radical (unpaired) electrons. The fourth-order valence-electron chi connectivity index (χ4n) is 5.02. The summed E-state index contributed by atoms with van der Waals surface area (Å²) in [6.45, 7) is 14.6. The lowest BCUT2D eigenvalue weighted by molar-refractivity contribution is -0.126. The van der Waals surface area contributed by atoms with Crippen LogP contribution in [0.5, 0.6) is 0 Å². The summed E-state index contributed by atoms with van der Waals surface area (Å²) in [7, 11) is 0. The SMILES string of the molecule is CCC(CC)N1CCCC(C)C(C(C)=O)N2CCCC2(C)C1. The van der Waals surface area contributed by atoms with Crippen molar-refractivity contribution in [3.8, 4) is 0 Å². The largest absolute Gasteiger partial charge is 0.299 e. The van der Waals surface area contributed by atoms with Crippen LogP contribution in [0.4, 0.5) is 0 Å². The predicted molar refractivity (Wildman–Crippen MR) is 93.2 cm³/mol. The molecule has 3 nitrogen and oxygen atoms in total. The number of ketones is 1. The second kappa shape index (κ2) is 7.44. The molecule has 22 heavy (non-hydrogen) atoms. The molecule has 3 unspecified atom stereocenters. The Bertz CT molecular complexity index is 380. The van der Waals surface area contributed by atoms with Crippen molar-refractivity contribution in [2.24, 2.45) is 5.92 Å². The van der Waals surface area contributed by atoms with E-state index in [4.69, 9.17) is 0 Å². The summed E-state index contributed by atoms with van der Waals surface area (Å²) in [5.41, 5.74) is 0.178.